The molecule has 0 aromatic rings. The summed E-state index contributed by atoms with van der Waals surface area (Å²) >= 11 is 0. The van der Waals surface area contributed by atoms with E-state index in [4.69, 9.17) is 0 Å². The quantitative estimate of drug-likeness (QED) is 0.621. The van der Waals surface area contributed by atoms with Gasteiger partial charge in [0.05, 0.1) is 11.5 Å². The third-order valence-electron chi connectivity index (χ3n) is 2.46. The van der Waals surface area contributed by atoms with Crippen molar-refractivity contribution in [2.75, 3.05) is 18.1 Å². The van der Waals surface area contributed by atoms with Crippen molar-refractivity contribution in [3.63, 3.8) is 0 Å². The van der Waals surface area contributed by atoms with Crippen molar-refractivity contribution in [1.82, 2.24) is 4.90 Å². The Morgan fingerprint density at radius 1 is 1.64 bits per heavy atom. The number of rotatable bonds is 2. The van der Waals surface area contributed by atoms with Gasteiger partial charge in [-0.3, -0.25) is 4.79 Å². The molecule has 1 saturated heterocycles. The van der Waals surface area contributed by atoms with Gasteiger partial charge in [0.25, 0.3) is 0 Å². The Balaban J connectivity index is 2.81. The molecule has 0 spiro atoms. The van der Waals surface area contributed by atoms with Crippen LogP contribution in [-0.4, -0.2) is 43.3 Å². The summed E-state index contributed by atoms with van der Waals surface area (Å²) in [6.45, 7) is 5.58. The Morgan fingerprint density at radius 3 is 2.79 bits per heavy atom. The normalized spacial score (nSPS) is 25.8. The topological polar surface area (TPSA) is 54.5 Å². The average Bonchev–Trinajstić information content (AvgIpc) is 2.15. The molecule has 1 atom stereocenters. The second kappa shape index (κ2) is 4.13. The number of amides is 1. The Bertz CT molecular complexity index is 334. The van der Waals surface area contributed by atoms with Gasteiger partial charge >= 0.3 is 0 Å². The number of carbonyl (C=O) groups excluding carboxylic acids is 1. The maximum Gasteiger partial charge on any atom is 0.246 e. The SMILES string of the molecule is C=CC(=O)N1CCS(=O)(=O)CC1CC. The van der Waals surface area contributed by atoms with E-state index in [-0.39, 0.29) is 23.5 Å². The molecule has 0 N–H and O–H groups in total. The Labute approximate surface area is 84.5 Å². The predicted molar refractivity (Wildman–Crippen MR) is 54.6 cm³/mol. The number of hydrogen-bond acceptors (Lipinski definition) is 3. The Morgan fingerprint density at radius 2 is 2.29 bits per heavy atom. The van der Waals surface area contributed by atoms with Gasteiger partial charge in [0, 0.05) is 12.6 Å². The molecule has 0 aliphatic carbocycles. The standard InChI is InChI=1S/C9H15NO3S/c1-3-8-7-14(12,13)6-5-10(8)9(11)4-2/h4,8H,2-3,5-7H2,1H3. The molecule has 1 amide bonds. The molecule has 1 unspecified atom stereocenters. The van der Waals surface area contributed by atoms with E-state index in [1.54, 1.807) is 4.90 Å². The van der Waals surface area contributed by atoms with Crippen molar-refractivity contribution in [2.24, 2.45) is 0 Å². The molecular formula is C9H15NO3S. The first-order valence-corrected chi connectivity index (χ1v) is 6.45. The van der Waals surface area contributed by atoms with Crippen LogP contribution in [0.3, 0.4) is 0 Å². The molecule has 0 radical (unpaired) electrons. The zero-order valence-corrected chi connectivity index (χ0v) is 9.09. The molecule has 1 aliphatic rings. The van der Waals surface area contributed by atoms with E-state index in [0.717, 1.165) is 0 Å². The van der Waals surface area contributed by atoms with Crippen LogP contribution in [0.2, 0.25) is 0 Å². The van der Waals surface area contributed by atoms with E-state index in [9.17, 15) is 13.2 Å². The third-order valence-corrected chi connectivity index (χ3v) is 4.16. The number of carbonyl (C=O) groups is 1. The molecule has 4 nitrogen and oxygen atoms in total. The number of nitrogens with zero attached hydrogens (tertiary/aromatic N) is 1. The van der Waals surface area contributed by atoms with E-state index in [0.29, 0.717) is 13.0 Å². The molecule has 80 valence electrons. The van der Waals surface area contributed by atoms with Crippen molar-refractivity contribution < 1.29 is 13.2 Å². The largest absolute Gasteiger partial charge is 0.334 e. The highest BCUT2D eigenvalue weighted by Gasteiger charge is 2.31. The zero-order valence-electron chi connectivity index (χ0n) is 8.27. The van der Waals surface area contributed by atoms with Crippen LogP contribution in [0.5, 0.6) is 0 Å². The number of sulfone groups is 1. The van der Waals surface area contributed by atoms with Crippen LogP contribution in [0.15, 0.2) is 12.7 Å². The van der Waals surface area contributed by atoms with Gasteiger partial charge in [0.15, 0.2) is 9.84 Å². The van der Waals surface area contributed by atoms with Gasteiger partial charge in [0.1, 0.15) is 0 Å². The van der Waals surface area contributed by atoms with E-state index in [1.165, 1.54) is 6.08 Å². The minimum absolute atomic E-state index is 0.0725. The summed E-state index contributed by atoms with van der Waals surface area (Å²) in [5.41, 5.74) is 0. The molecule has 5 heteroatoms. The summed E-state index contributed by atoms with van der Waals surface area (Å²) in [6, 6.07) is -0.181. The Kier molecular flexibility index (Phi) is 3.31. The van der Waals surface area contributed by atoms with Gasteiger partial charge in [-0.1, -0.05) is 13.5 Å². The molecule has 0 aromatic heterocycles. The minimum Gasteiger partial charge on any atom is -0.334 e. The van der Waals surface area contributed by atoms with Gasteiger partial charge in [0.2, 0.25) is 5.91 Å². The highest BCUT2D eigenvalue weighted by Crippen LogP contribution is 2.14. The lowest BCUT2D eigenvalue weighted by Gasteiger charge is -2.34. The van der Waals surface area contributed by atoms with Gasteiger partial charge in [-0.05, 0) is 12.5 Å². The molecule has 1 heterocycles. The fourth-order valence-electron chi connectivity index (χ4n) is 1.63. The molecule has 0 aromatic carbocycles. The van der Waals surface area contributed by atoms with Gasteiger partial charge in [-0.15, -0.1) is 0 Å². The lowest BCUT2D eigenvalue weighted by Crippen LogP contribution is -2.50. The van der Waals surface area contributed by atoms with Crippen LogP contribution in [0.25, 0.3) is 0 Å². The molecule has 1 fully saturated rings. The average molecular weight is 217 g/mol. The molecule has 1 aliphatic heterocycles. The van der Waals surface area contributed by atoms with Crippen molar-refractivity contribution in [3.05, 3.63) is 12.7 Å². The van der Waals surface area contributed by atoms with Crippen LogP contribution >= 0.6 is 0 Å². The first-order valence-electron chi connectivity index (χ1n) is 4.63. The molecule has 0 bridgehead atoms. The summed E-state index contributed by atoms with van der Waals surface area (Å²) in [4.78, 5) is 13.0. The van der Waals surface area contributed by atoms with E-state index < -0.39 is 9.84 Å². The fourth-order valence-corrected chi connectivity index (χ4v) is 3.28. The van der Waals surface area contributed by atoms with Crippen LogP contribution in [-0.2, 0) is 14.6 Å². The van der Waals surface area contributed by atoms with Crippen molar-refractivity contribution in [1.29, 1.82) is 0 Å². The van der Waals surface area contributed by atoms with Crippen LogP contribution < -0.4 is 0 Å². The highest BCUT2D eigenvalue weighted by atomic mass is 32.2. The Hall–Kier alpha value is -0.840. The van der Waals surface area contributed by atoms with Crippen molar-refractivity contribution in [2.45, 2.75) is 19.4 Å². The lowest BCUT2D eigenvalue weighted by molar-refractivity contribution is -0.127. The lowest BCUT2D eigenvalue weighted by atomic mass is 10.2. The minimum atomic E-state index is -2.95. The maximum atomic E-state index is 11.4. The number of hydrogen-bond donors (Lipinski definition) is 0. The summed E-state index contributed by atoms with van der Waals surface area (Å²) in [7, 11) is -2.95. The third kappa shape index (κ3) is 2.35. The summed E-state index contributed by atoms with van der Waals surface area (Å²) < 4.78 is 22.6. The molecule has 14 heavy (non-hydrogen) atoms. The van der Waals surface area contributed by atoms with E-state index in [2.05, 4.69) is 6.58 Å². The van der Waals surface area contributed by atoms with Crippen molar-refractivity contribution in [3.8, 4) is 0 Å². The maximum absolute atomic E-state index is 11.4. The van der Waals surface area contributed by atoms with E-state index >= 15 is 0 Å². The molecule has 0 saturated carbocycles. The molecule has 1 rings (SSSR count). The highest BCUT2D eigenvalue weighted by molar-refractivity contribution is 7.91. The van der Waals surface area contributed by atoms with Crippen LogP contribution in [0.1, 0.15) is 13.3 Å². The van der Waals surface area contributed by atoms with Gasteiger partial charge in [-0.2, -0.15) is 0 Å². The van der Waals surface area contributed by atoms with Crippen LogP contribution in [0.4, 0.5) is 0 Å². The van der Waals surface area contributed by atoms with Crippen molar-refractivity contribution >= 4 is 15.7 Å². The predicted octanol–water partition coefficient (Wildman–Crippen LogP) is 0.208. The van der Waals surface area contributed by atoms with Gasteiger partial charge < -0.3 is 4.90 Å². The summed E-state index contributed by atoms with van der Waals surface area (Å²) in [6.07, 6.45) is 1.90. The summed E-state index contributed by atoms with van der Waals surface area (Å²) in [5, 5.41) is 0. The van der Waals surface area contributed by atoms with Gasteiger partial charge in [-0.25, -0.2) is 8.42 Å². The second-order valence-corrected chi connectivity index (χ2v) is 5.64. The fraction of sp³-hybridized carbons (Fsp3) is 0.667. The monoisotopic (exact) mass is 217 g/mol. The smallest absolute Gasteiger partial charge is 0.246 e. The first-order chi connectivity index (χ1) is 6.50. The second-order valence-electron chi connectivity index (χ2n) is 3.41. The first kappa shape index (κ1) is 11.2. The zero-order chi connectivity index (χ0) is 10.8. The van der Waals surface area contributed by atoms with Crippen LogP contribution in [0, 0.1) is 0 Å². The van der Waals surface area contributed by atoms with E-state index in [1.807, 2.05) is 6.92 Å². The summed E-state index contributed by atoms with van der Waals surface area (Å²) in [5.74, 6) is -0.0154. The molecular weight excluding hydrogens is 202 g/mol.